The number of carboxylic acids is 2. The lowest BCUT2D eigenvalue weighted by molar-refractivity contribution is -0.142. The zero-order chi connectivity index (χ0) is 24.0. The van der Waals surface area contributed by atoms with E-state index in [1.165, 1.54) is 24.3 Å². The summed E-state index contributed by atoms with van der Waals surface area (Å²) in [6, 6.07) is 11.6. The number of carbonyl (C=O) groups excluding carboxylic acids is 3. The van der Waals surface area contributed by atoms with Gasteiger partial charge in [0.05, 0.1) is 12.0 Å². The van der Waals surface area contributed by atoms with Crippen molar-refractivity contribution in [3.05, 3.63) is 71.3 Å². The monoisotopic (exact) mass is 453 g/mol. The fraction of sp³-hybridized carbons (Fsp3) is 0.261. The summed E-state index contributed by atoms with van der Waals surface area (Å²) in [5.41, 5.74) is 1.44. The van der Waals surface area contributed by atoms with E-state index < -0.39 is 54.2 Å². The quantitative estimate of drug-likeness (QED) is 0.360. The van der Waals surface area contributed by atoms with Crippen LogP contribution >= 0.6 is 0 Å². The molecule has 0 radical (unpaired) electrons. The van der Waals surface area contributed by atoms with E-state index in [1.807, 2.05) is 30.3 Å². The Morgan fingerprint density at radius 2 is 1.45 bits per heavy atom. The van der Waals surface area contributed by atoms with E-state index in [0.29, 0.717) is 12.0 Å². The van der Waals surface area contributed by atoms with Crippen LogP contribution in [0.5, 0.6) is 0 Å². The van der Waals surface area contributed by atoms with Gasteiger partial charge in [0.25, 0.3) is 0 Å². The summed E-state index contributed by atoms with van der Waals surface area (Å²) in [5, 5.41) is 25.9. The van der Waals surface area contributed by atoms with Crippen molar-refractivity contribution in [3.63, 3.8) is 0 Å². The number of aromatic carboxylic acids is 1. The highest BCUT2D eigenvalue weighted by molar-refractivity contribution is 5.99. The fourth-order valence-electron chi connectivity index (χ4n) is 3.47. The topological polar surface area (TPSA) is 162 Å². The summed E-state index contributed by atoms with van der Waals surface area (Å²) in [5.74, 6) is -4.06. The SMILES string of the molecule is O=C(C[C@@H]1NC(=O)[C@H](Cc2ccccc2)NC1=O)N[C@H](Cc1ccc(C(=O)O)cc1)C(=O)O. The van der Waals surface area contributed by atoms with Gasteiger partial charge in [0.2, 0.25) is 17.7 Å². The Morgan fingerprint density at radius 1 is 0.848 bits per heavy atom. The Labute approximate surface area is 189 Å². The number of amides is 3. The first-order valence-corrected chi connectivity index (χ1v) is 10.2. The third kappa shape index (κ3) is 6.39. The molecule has 1 saturated heterocycles. The molecule has 0 bridgehead atoms. The van der Waals surface area contributed by atoms with E-state index in [2.05, 4.69) is 16.0 Å². The molecule has 0 aliphatic carbocycles. The summed E-state index contributed by atoms with van der Waals surface area (Å²) in [6.45, 7) is 0. The summed E-state index contributed by atoms with van der Waals surface area (Å²) in [6.07, 6.45) is -0.195. The number of nitrogens with one attached hydrogen (secondary N) is 3. The van der Waals surface area contributed by atoms with Gasteiger partial charge in [-0.25, -0.2) is 9.59 Å². The maximum Gasteiger partial charge on any atom is 0.335 e. The van der Waals surface area contributed by atoms with Crippen LogP contribution in [0.25, 0.3) is 0 Å². The minimum Gasteiger partial charge on any atom is -0.480 e. The molecule has 10 nitrogen and oxygen atoms in total. The van der Waals surface area contributed by atoms with E-state index in [0.717, 1.165) is 5.56 Å². The lowest BCUT2D eigenvalue weighted by atomic mass is 10.0. The number of hydrogen-bond donors (Lipinski definition) is 5. The van der Waals surface area contributed by atoms with Gasteiger partial charge >= 0.3 is 11.9 Å². The van der Waals surface area contributed by atoms with Crippen molar-refractivity contribution < 1.29 is 34.2 Å². The number of rotatable bonds is 9. The average Bonchev–Trinajstić information content (AvgIpc) is 2.77. The van der Waals surface area contributed by atoms with Crippen molar-refractivity contribution in [2.75, 3.05) is 0 Å². The van der Waals surface area contributed by atoms with Crippen LogP contribution in [0, 0.1) is 0 Å². The van der Waals surface area contributed by atoms with Crippen LogP contribution in [0.1, 0.15) is 27.9 Å². The second kappa shape index (κ2) is 10.4. The summed E-state index contributed by atoms with van der Waals surface area (Å²) in [7, 11) is 0. The molecule has 3 atom stereocenters. The van der Waals surface area contributed by atoms with E-state index in [-0.39, 0.29) is 12.0 Å². The third-order valence-electron chi connectivity index (χ3n) is 5.21. The van der Waals surface area contributed by atoms with Crippen LogP contribution in [0.15, 0.2) is 54.6 Å². The van der Waals surface area contributed by atoms with Crippen molar-refractivity contribution in [1.82, 2.24) is 16.0 Å². The van der Waals surface area contributed by atoms with Crippen LogP contribution in [-0.2, 0) is 32.0 Å². The number of piperazine rings is 1. The van der Waals surface area contributed by atoms with Crippen molar-refractivity contribution in [3.8, 4) is 0 Å². The van der Waals surface area contributed by atoms with Gasteiger partial charge in [-0.2, -0.15) is 0 Å². The highest BCUT2D eigenvalue weighted by atomic mass is 16.4. The molecule has 33 heavy (non-hydrogen) atoms. The van der Waals surface area contributed by atoms with Crippen LogP contribution in [0.4, 0.5) is 0 Å². The zero-order valence-corrected chi connectivity index (χ0v) is 17.5. The van der Waals surface area contributed by atoms with Gasteiger partial charge in [0, 0.05) is 12.8 Å². The van der Waals surface area contributed by atoms with Crippen molar-refractivity contribution in [2.24, 2.45) is 0 Å². The van der Waals surface area contributed by atoms with Gasteiger partial charge in [0.1, 0.15) is 18.1 Å². The first kappa shape index (κ1) is 23.5. The molecule has 3 rings (SSSR count). The number of aliphatic carboxylic acids is 1. The summed E-state index contributed by atoms with van der Waals surface area (Å²) >= 11 is 0. The standard InChI is InChI=1S/C23H23N3O7/c27-19(24-18(23(32)33)11-14-6-8-15(9-7-14)22(30)31)12-17-21(29)25-16(20(28)26-17)10-13-4-2-1-3-5-13/h1-9,16-18H,10-12H2,(H,24,27)(H,25,29)(H,26,28)(H,30,31)(H,32,33)/t16-,17-,18+/m0/s1. The average molecular weight is 453 g/mol. The normalized spacial score (nSPS) is 18.5. The first-order chi connectivity index (χ1) is 15.7. The zero-order valence-electron chi connectivity index (χ0n) is 17.5. The van der Waals surface area contributed by atoms with Crippen LogP contribution < -0.4 is 16.0 Å². The second-order valence-electron chi connectivity index (χ2n) is 7.68. The molecule has 1 aliphatic rings. The van der Waals surface area contributed by atoms with Gasteiger partial charge in [-0.05, 0) is 23.3 Å². The summed E-state index contributed by atoms with van der Waals surface area (Å²) in [4.78, 5) is 59.7. The molecule has 2 aromatic carbocycles. The Bertz CT molecular complexity index is 1050. The Kier molecular flexibility index (Phi) is 7.39. The van der Waals surface area contributed by atoms with E-state index >= 15 is 0 Å². The highest BCUT2D eigenvalue weighted by Crippen LogP contribution is 2.10. The molecule has 5 N–H and O–H groups in total. The molecule has 172 valence electrons. The lowest BCUT2D eigenvalue weighted by Gasteiger charge is -2.29. The molecular formula is C23H23N3O7. The number of carbonyl (C=O) groups is 5. The first-order valence-electron chi connectivity index (χ1n) is 10.2. The van der Waals surface area contributed by atoms with Crippen LogP contribution in [0.2, 0.25) is 0 Å². The maximum absolute atomic E-state index is 12.4. The van der Waals surface area contributed by atoms with Gasteiger partial charge in [-0.3, -0.25) is 14.4 Å². The Hall–Kier alpha value is -4.21. The van der Waals surface area contributed by atoms with Crippen LogP contribution in [-0.4, -0.2) is 58.0 Å². The van der Waals surface area contributed by atoms with Gasteiger partial charge in [-0.1, -0.05) is 42.5 Å². The van der Waals surface area contributed by atoms with Crippen LogP contribution in [0.3, 0.4) is 0 Å². The molecule has 0 spiro atoms. The number of benzene rings is 2. The maximum atomic E-state index is 12.4. The van der Waals surface area contributed by atoms with E-state index in [1.54, 1.807) is 0 Å². The van der Waals surface area contributed by atoms with E-state index in [9.17, 15) is 29.1 Å². The smallest absolute Gasteiger partial charge is 0.335 e. The number of carboxylic acid groups (broad SMARTS) is 2. The predicted molar refractivity (Wildman–Crippen MR) is 115 cm³/mol. The fourth-order valence-corrected chi connectivity index (χ4v) is 3.47. The molecule has 0 unspecified atom stereocenters. The molecule has 1 heterocycles. The van der Waals surface area contributed by atoms with Crippen molar-refractivity contribution in [2.45, 2.75) is 37.4 Å². The molecule has 1 fully saturated rings. The number of hydrogen-bond acceptors (Lipinski definition) is 5. The molecule has 10 heteroatoms. The molecule has 3 amide bonds. The molecular weight excluding hydrogens is 430 g/mol. The third-order valence-corrected chi connectivity index (χ3v) is 5.21. The molecule has 2 aromatic rings. The van der Waals surface area contributed by atoms with Gasteiger partial charge < -0.3 is 26.2 Å². The Balaban J connectivity index is 1.56. The minimum absolute atomic E-state index is 0.0549. The summed E-state index contributed by atoms with van der Waals surface area (Å²) < 4.78 is 0. The molecule has 1 aliphatic heterocycles. The second-order valence-corrected chi connectivity index (χ2v) is 7.68. The lowest BCUT2D eigenvalue weighted by Crippen LogP contribution is -2.63. The van der Waals surface area contributed by atoms with E-state index in [4.69, 9.17) is 5.11 Å². The van der Waals surface area contributed by atoms with Crippen molar-refractivity contribution in [1.29, 1.82) is 0 Å². The van der Waals surface area contributed by atoms with Crippen molar-refractivity contribution >= 4 is 29.7 Å². The van der Waals surface area contributed by atoms with Gasteiger partial charge in [-0.15, -0.1) is 0 Å². The minimum atomic E-state index is -1.29. The molecule has 0 aromatic heterocycles. The predicted octanol–water partition coefficient (Wildman–Crippen LogP) is 0.113. The molecule has 0 saturated carbocycles. The van der Waals surface area contributed by atoms with Gasteiger partial charge in [0.15, 0.2) is 0 Å². The Morgan fingerprint density at radius 3 is 2.06 bits per heavy atom. The largest absolute Gasteiger partial charge is 0.480 e. The highest BCUT2D eigenvalue weighted by Gasteiger charge is 2.35.